The van der Waals surface area contributed by atoms with Gasteiger partial charge in [-0.3, -0.25) is 0 Å². The Balaban J connectivity index is 2.66. The van der Waals surface area contributed by atoms with Crippen LogP contribution in [0.3, 0.4) is 0 Å². The fourth-order valence-electron chi connectivity index (χ4n) is 1.60. The minimum absolute atomic E-state index is 0.785. The monoisotopic (exact) mass is 247 g/mol. The number of pyridine rings is 1. The molecular weight excluding hydrogens is 242 g/mol. The van der Waals surface area contributed by atoms with E-state index in [2.05, 4.69) is 30.9 Å². The number of rotatable bonds is 0. The molecule has 0 aliphatic rings. The molecule has 0 bridgehead atoms. The van der Waals surface area contributed by atoms with E-state index in [4.69, 9.17) is 0 Å². The standard InChI is InChI=1S/C10H6BrN3/c11-10-9-8(12-5-13-9)6-3-1-2-4-7(6)14-10/h1-5H,(H,12,13). The second kappa shape index (κ2) is 2.78. The van der Waals surface area contributed by atoms with Crippen molar-refractivity contribution in [2.45, 2.75) is 0 Å². The van der Waals surface area contributed by atoms with Crippen LogP contribution in [0.25, 0.3) is 21.9 Å². The minimum atomic E-state index is 0.785. The van der Waals surface area contributed by atoms with Gasteiger partial charge < -0.3 is 4.98 Å². The second-order valence-electron chi connectivity index (χ2n) is 3.05. The van der Waals surface area contributed by atoms with E-state index in [1.165, 1.54) is 0 Å². The number of hydrogen-bond donors (Lipinski definition) is 1. The van der Waals surface area contributed by atoms with Crippen molar-refractivity contribution >= 4 is 37.9 Å². The highest BCUT2D eigenvalue weighted by molar-refractivity contribution is 9.10. The molecule has 0 aliphatic heterocycles. The van der Waals surface area contributed by atoms with E-state index in [-0.39, 0.29) is 0 Å². The number of H-pyrrole nitrogens is 1. The van der Waals surface area contributed by atoms with Gasteiger partial charge in [0, 0.05) is 5.39 Å². The lowest BCUT2D eigenvalue weighted by atomic mass is 10.2. The van der Waals surface area contributed by atoms with Gasteiger partial charge in [-0.05, 0) is 22.0 Å². The molecular formula is C10H6BrN3. The Bertz CT molecular complexity index is 615. The Kier molecular flexibility index (Phi) is 1.58. The zero-order valence-corrected chi connectivity index (χ0v) is 8.75. The maximum Gasteiger partial charge on any atom is 0.134 e. The molecule has 3 nitrogen and oxygen atoms in total. The topological polar surface area (TPSA) is 41.6 Å². The lowest BCUT2D eigenvalue weighted by Gasteiger charge is -1.99. The number of imidazole rings is 1. The summed E-state index contributed by atoms with van der Waals surface area (Å²) in [4.78, 5) is 11.7. The summed E-state index contributed by atoms with van der Waals surface area (Å²) in [6.07, 6.45) is 1.68. The molecule has 2 aromatic heterocycles. The number of para-hydroxylation sites is 1. The molecule has 0 radical (unpaired) electrons. The average molecular weight is 248 g/mol. The van der Waals surface area contributed by atoms with Crippen molar-refractivity contribution in [3.63, 3.8) is 0 Å². The summed E-state index contributed by atoms with van der Waals surface area (Å²) >= 11 is 3.40. The molecule has 0 aliphatic carbocycles. The van der Waals surface area contributed by atoms with Gasteiger partial charge in [-0.2, -0.15) is 0 Å². The fraction of sp³-hybridized carbons (Fsp3) is 0. The second-order valence-corrected chi connectivity index (χ2v) is 3.80. The SMILES string of the molecule is Brc1nc2ccccc2c2[nH]cnc12. The normalized spacial score (nSPS) is 11.2. The highest BCUT2D eigenvalue weighted by atomic mass is 79.9. The number of halogens is 1. The smallest absolute Gasteiger partial charge is 0.134 e. The lowest BCUT2D eigenvalue weighted by molar-refractivity contribution is 1.32. The van der Waals surface area contributed by atoms with Gasteiger partial charge in [-0.25, -0.2) is 9.97 Å². The molecule has 1 N–H and O–H groups in total. The fourth-order valence-corrected chi connectivity index (χ4v) is 2.09. The molecule has 68 valence electrons. The number of nitrogens with zero attached hydrogens (tertiary/aromatic N) is 2. The number of aromatic nitrogens is 3. The number of nitrogens with one attached hydrogen (secondary N) is 1. The van der Waals surface area contributed by atoms with Gasteiger partial charge in [0.1, 0.15) is 10.1 Å². The molecule has 0 spiro atoms. The Labute approximate surface area is 88.3 Å². The minimum Gasteiger partial charge on any atom is -0.344 e. The van der Waals surface area contributed by atoms with Crippen LogP contribution >= 0.6 is 15.9 Å². The van der Waals surface area contributed by atoms with Gasteiger partial charge in [-0.1, -0.05) is 18.2 Å². The first kappa shape index (κ1) is 7.94. The van der Waals surface area contributed by atoms with Crippen LogP contribution in [0.4, 0.5) is 0 Å². The van der Waals surface area contributed by atoms with Gasteiger partial charge >= 0.3 is 0 Å². The molecule has 0 atom stereocenters. The molecule has 0 amide bonds. The Morgan fingerprint density at radius 2 is 2.07 bits per heavy atom. The first-order chi connectivity index (χ1) is 6.86. The molecule has 0 saturated heterocycles. The summed E-state index contributed by atoms with van der Waals surface area (Å²) in [5.74, 6) is 0. The van der Waals surface area contributed by atoms with Crippen molar-refractivity contribution in [3.05, 3.63) is 35.2 Å². The third-order valence-corrected chi connectivity index (χ3v) is 2.78. The zero-order valence-electron chi connectivity index (χ0n) is 7.16. The van der Waals surface area contributed by atoms with E-state index in [0.29, 0.717) is 0 Å². The van der Waals surface area contributed by atoms with Crippen molar-refractivity contribution in [1.82, 2.24) is 15.0 Å². The molecule has 4 heteroatoms. The van der Waals surface area contributed by atoms with Crippen LogP contribution in [0, 0.1) is 0 Å². The summed E-state index contributed by atoms with van der Waals surface area (Å²) in [6, 6.07) is 8.00. The van der Waals surface area contributed by atoms with Crippen LogP contribution in [0.1, 0.15) is 0 Å². The van der Waals surface area contributed by atoms with Crippen LogP contribution in [0.5, 0.6) is 0 Å². The van der Waals surface area contributed by atoms with Gasteiger partial charge in [0.2, 0.25) is 0 Å². The summed E-state index contributed by atoms with van der Waals surface area (Å²) in [5, 5.41) is 1.10. The van der Waals surface area contributed by atoms with E-state index >= 15 is 0 Å². The third-order valence-electron chi connectivity index (χ3n) is 2.23. The van der Waals surface area contributed by atoms with Crippen LogP contribution in [-0.2, 0) is 0 Å². The van der Waals surface area contributed by atoms with E-state index in [9.17, 15) is 0 Å². The van der Waals surface area contributed by atoms with Crippen molar-refractivity contribution in [2.75, 3.05) is 0 Å². The molecule has 3 aromatic rings. The van der Waals surface area contributed by atoms with Crippen molar-refractivity contribution in [2.24, 2.45) is 0 Å². The van der Waals surface area contributed by atoms with Crippen molar-refractivity contribution in [3.8, 4) is 0 Å². The Hall–Kier alpha value is -1.42. The Morgan fingerprint density at radius 1 is 1.21 bits per heavy atom. The number of aromatic amines is 1. The van der Waals surface area contributed by atoms with Crippen LogP contribution in [0.2, 0.25) is 0 Å². The van der Waals surface area contributed by atoms with E-state index in [1.54, 1.807) is 6.33 Å². The van der Waals surface area contributed by atoms with E-state index < -0.39 is 0 Å². The van der Waals surface area contributed by atoms with Crippen LogP contribution in [-0.4, -0.2) is 15.0 Å². The largest absolute Gasteiger partial charge is 0.344 e. The third kappa shape index (κ3) is 0.974. The Morgan fingerprint density at radius 3 is 3.00 bits per heavy atom. The molecule has 0 fully saturated rings. The molecule has 0 saturated carbocycles. The number of fused-ring (bicyclic) bond motifs is 3. The van der Waals surface area contributed by atoms with Gasteiger partial charge in [0.05, 0.1) is 17.4 Å². The van der Waals surface area contributed by atoms with E-state index in [1.807, 2.05) is 24.3 Å². The van der Waals surface area contributed by atoms with E-state index in [0.717, 1.165) is 26.5 Å². The van der Waals surface area contributed by atoms with Gasteiger partial charge in [-0.15, -0.1) is 0 Å². The molecule has 3 rings (SSSR count). The lowest BCUT2D eigenvalue weighted by Crippen LogP contribution is -1.83. The van der Waals surface area contributed by atoms with Gasteiger partial charge in [0.25, 0.3) is 0 Å². The summed E-state index contributed by atoms with van der Waals surface area (Å²) in [5.41, 5.74) is 2.88. The first-order valence-corrected chi connectivity index (χ1v) is 5.03. The number of hydrogen-bond acceptors (Lipinski definition) is 2. The van der Waals surface area contributed by atoms with Crippen LogP contribution < -0.4 is 0 Å². The average Bonchev–Trinajstić information content (AvgIpc) is 2.67. The number of benzene rings is 1. The maximum atomic E-state index is 4.41. The molecule has 1 aromatic carbocycles. The van der Waals surface area contributed by atoms with Crippen LogP contribution in [0.15, 0.2) is 35.2 Å². The predicted molar refractivity (Wildman–Crippen MR) is 59.1 cm³/mol. The molecule has 0 unspecified atom stereocenters. The summed E-state index contributed by atoms with van der Waals surface area (Å²) in [6.45, 7) is 0. The molecule has 2 heterocycles. The quantitative estimate of drug-likeness (QED) is 0.621. The molecule has 14 heavy (non-hydrogen) atoms. The summed E-state index contributed by atoms with van der Waals surface area (Å²) in [7, 11) is 0. The van der Waals surface area contributed by atoms with Crippen molar-refractivity contribution in [1.29, 1.82) is 0 Å². The van der Waals surface area contributed by atoms with Gasteiger partial charge in [0.15, 0.2) is 0 Å². The zero-order chi connectivity index (χ0) is 9.54. The van der Waals surface area contributed by atoms with Crippen molar-refractivity contribution < 1.29 is 0 Å². The highest BCUT2D eigenvalue weighted by Crippen LogP contribution is 2.26. The highest BCUT2D eigenvalue weighted by Gasteiger charge is 2.07. The summed E-state index contributed by atoms with van der Waals surface area (Å²) < 4.78 is 0.785. The first-order valence-electron chi connectivity index (χ1n) is 4.23. The maximum absolute atomic E-state index is 4.41. The predicted octanol–water partition coefficient (Wildman–Crippen LogP) is 2.87.